The third-order valence-corrected chi connectivity index (χ3v) is 5.63. The van der Waals surface area contributed by atoms with Gasteiger partial charge in [0.2, 0.25) is 0 Å². The average Bonchev–Trinajstić information content (AvgIpc) is 2.70. The third kappa shape index (κ3) is 6.31. The first kappa shape index (κ1) is 20.8. The van der Waals surface area contributed by atoms with Crippen LogP contribution in [0.2, 0.25) is 0 Å². The Balaban J connectivity index is 1.50. The van der Waals surface area contributed by atoms with Crippen LogP contribution in [0.1, 0.15) is 36.6 Å². The van der Waals surface area contributed by atoms with Crippen molar-refractivity contribution in [2.24, 2.45) is 4.99 Å². The number of likely N-dealkylation sites (tertiary alicyclic amines) is 1. The van der Waals surface area contributed by atoms with Crippen LogP contribution in [-0.2, 0) is 13.1 Å². The molecule has 0 atom stereocenters. The number of benzene rings is 1. The van der Waals surface area contributed by atoms with E-state index in [9.17, 15) is 0 Å². The predicted octanol–water partition coefficient (Wildman–Crippen LogP) is 3.87. The number of piperidine rings is 1. The minimum absolute atomic E-state index is 0.462. The van der Waals surface area contributed by atoms with Crippen molar-refractivity contribution in [1.82, 2.24) is 20.5 Å². The second kappa shape index (κ2) is 10.6. The van der Waals surface area contributed by atoms with Crippen molar-refractivity contribution < 1.29 is 0 Å². The molecule has 0 bridgehead atoms. The molecule has 2 aromatic rings. The molecule has 6 heteroatoms. The number of aryl methyl sites for hydroxylation is 1. The van der Waals surface area contributed by atoms with Gasteiger partial charge in [0.05, 0.1) is 12.2 Å². The molecule has 1 aromatic heterocycles. The van der Waals surface area contributed by atoms with Gasteiger partial charge in [-0.3, -0.25) is 9.88 Å². The van der Waals surface area contributed by atoms with Crippen LogP contribution in [0.15, 0.2) is 52.1 Å². The largest absolute Gasteiger partial charge is 0.357 e. The molecule has 3 rings (SSSR count). The number of aliphatic imine (C=N–C) groups is 1. The maximum absolute atomic E-state index is 4.75. The van der Waals surface area contributed by atoms with E-state index in [2.05, 4.69) is 80.6 Å². The van der Waals surface area contributed by atoms with Gasteiger partial charge < -0.3 is 10.6 Å². The second-order valence-electron chi connectivity index (χ2n) is 7.28. The Hall–Kier alpha value is -1.92. The number of aromatic nitrogens is 1. The summed E-state index contributed by atoms with van der Waals surface area (Å²) in [4.78, 5) is 11.7. The summed E-state index contributed by atoms with van der Waals surface area (Å²) in [6.45, 7) is 8.87. The van der Waals surface area contributed by atoms with Gasteiger partial charge in [-0.05, 0) is 56.0 Å². The molecule has 0 spiro atoms. The molecule has 28 heavy (non-hydrogen) atoms. The van der Waals surface area contributed by atoms with Gasteiger partial charge in [-0.15, -0.1) is 0 Å². The smallest absolute Gasteiger partial charge is 0.191 e. The van der Waals surface area contributed by atoms with Crippen molar-refractivity contribution in [1.29, 1.82) is 0 Å². The molecule has 1 aliphatic heterocycles. The lowest BCUT2D eigenvalue weighted by atomic mass is 10.0. The Morgan fingerprint density at radius 3 is 2.64 bits per heavy atom. The molecule has 0 saturated carbocycles. The molecule has 1 saturated heterocycles. The molecular formula is C22H30BrN5. The summed E-state index contributed by atoms with van der Waals surface area (Å²) in [5.74, 6) is 0.888. The summed E-state index contributed by atoms with van der Waals surface area (Å²) < 4.78 is 1.13. The molecule has 1 aliphatic rings. The fourth-order valence-corrected chi connectivity index (χ4v) is 3.70. The topological polar surface area (TPSA) is 52.6 Å². The number of guanidine groups is 1. The van der Waals surface area contributed by atoms with E-state index in [1.165, 1.54) is 11.1 Å². The molecule has 1 aromatic carbocycles. The van der Waals surface area contributed by atoms with Crippen LogP contribution in [0.4, 0.5) is 0 Å². The number of hydrogen-bond acceptors (Lipinski definition) is 3. The van der Waals surface area contributed by atoms with Crippen LogP contribution in [0, 0.1) is 6.92 Å². The van der Waals surface area contributed by atoms with Crippen molar-refractivity contribution >= 4 is 21.9 Å². The molecule has 1 fully saturated rings. The van der Waals surface area contributed by atoms with E-state index in [0.717, 1.165) is 55.1 Å². The van der Waals surface area contributed by atoms with E-state index in [1.54, 1.807) is 0 Å². The summed E-state index contributed by atoms with van der Waals surface area (Å²) in [5, 5.41) is 6.99. The van der Waals surface area contributed by atoms with Crippen molar-refractivity contribution in [3.05, 3.63) is 63.9 Å². The van der Waals surface area contributed by atoms with Gasteiger partial charge in [-0.2, -0.15) is 0 Å². The maximum atomic E-state index is 4.75. The summed E-state index contributed by atoms with van der Waals surface area (Å²) >= 11 is 3.50. The highest BCUT2D eigenvalue weighted by Gasteiger charge is 2.20. The van der Waals surface area contributed by atoms with Crippen LogP contribution < -0.4 is 10.6 Å². The summed E-state index contributed by atoms with van der Waals surface area (Å²) in [7, 11) is 0. The number of halogens is 1. The second-order valence-corrected chi connectivity index (χ2v) is 8.20. The van der Waals surface area contributed by atoms with Crippen LogP contribution >= 0.6 is 15.9 Å². The number of pyridine rings is 1. The summed E-state index contributed by atoms with van der Waals surface area (Å²) in [6, 6.07) is 13.1. The van der Waals surface area contributed by atoms with Crippen molar-refractivity contribution in [3.63, 3.8) is 0 Å². The van der Waals surface area contributed by atoms with Crippen LogP contribution in [0.3, 0.4) is 0 Å². The predicted molar refractivity (Wildman–Crippen MR) is 119 cm³/mol. The fraction of sp³-hybridized carbons (Fsp3) is 0.455. The Morgan fingerprint density at radius 1 is 1.21 bits per heavy atom. The molecule has 5 nitrogen and oxygen atoms in total. The van der Waals surface area contributed by atoms with Crippen LogP contribution in [0.25, 0.3) is 0 Å². The van der Waals surface area contributed by atoms with Gasteiger partial charge in [0.25, 0.3) is 0 Å². The quantitative estimate of drug-likeness (QED) is 0.525. The van der Waals surface area contributed by atoms with E-state index >= 15 is 0 Å². The zero-order valence-corrected chi connectivity index (χ0v) is 18.4. The van der Waals surface area contributed by atoms with Crippen molar-refractivity contribution in [3.8, 4) is 0 Å². The number of nitrogens with zero attached hydrogens (tertiary/aromatic N) is 3. The molecule has 0 unspecified atom stereocenters. The summed E-state index contributed by atoms with van der Waals surface area (Å²) in [5.41, 5.74) is 3.59. The van der Waals surface area contributed by atoms with Gasteiger partial charge in [0.1, 0.15) is 0 Å². The van der Waals surface area contributed by atoms with Gasteiger partial charge in [0.15, 0.2) is 5.96 Å². The first-order chi connectivity index (χ1) is 13.6. The SMILES string of the molecule is CCNC(=NCc1ncccc1C)NC1CCN(Cc2ccc(Br)cc2)CC1. The molecular weight excluding hydrogens is 414 g/mol. The fourth-order valence-electron chi connectivity index (χ4n) is 3.43. The molecule has 2 N–H and O–H groups in total. The number of hydrogen-bond donors (Lipinski definition) is 2. The normalized spacial score (nSPS) is 16.2. The first-order valence-electron chi connectivity index (χ1n) is 10.1. The Bertz CT molecular complexity index is 767. The van der Waals surface area contributed by atoms with E-state index < -0.39 is 0 Å². The van der Waals surface area contributed by atoms with Gasteiger partial charge in [-0.1, -0.05) is 34.1 Å². The highest BCUT2D eigenvalue weighted by molar-refractivity contribution is 9.10. The molecule has 2 heterocycles. The standard InChI is InChI=1S/C22H30BrN5/c1-3-24-22(26-15-21-17(2)5-4-12-25-21)27-20-10-13-28(14-11-20)16-18-6-8-19(23)9-7-18/h4-9,12,20H,3,10-11,13-16H2,1-2H3,(H2,24,26,27). The summed E-state index contributed by atoms with van der Waals surface area (Å²) in [6.07, 6.45) is 4.09. The highest BCUT2D eigenvalue weighted by Crippen LogP contribution is 2.16. The highest BCUT2D eigenvalue weighted by atomic mass is 79.9. The number of rotatable bonds is 6. The van der Waals surface area contributed by atoms with Gasteiger partial charge in [-0.25, -0.2) is 4.99 Å². The monoisotopic (exact) mass is 443 g/mol. The lowest BCUT2D eigenvalue weighted by Gasteiger charge is -2.33. The van der Waals surface area contributed by atoms with E-state index in [4.69, 9.17) is 4.99 Å². The average molecular weight is 444 g/mol. The molecule has 0 radical (unpaired) electrons. The molecule has 150 valence electrons. The van der Waals surface area contributed by atoms with Crippen LogP contribution in [-0.4, -0.2) is 41.5 Å². The zero-order valence-electron chi connectivity index (χ0n) is 16.8. The molecule has 0 amide bonds. The van der Waals surface area contributed by atoms with E-state index in [0.29, 0.717) is 12.6 Å². The van der Waals surface area contributed by atoms with E-state index in [1.807, 2.05) is 12.3 Å². The first-order valence-corrected chi connectivity index (χ1v) is 10.9. The maximum Gasteiger partial charge on any atom is 0.191 e. The van der Waals surface area contributed by atoms with Crippen molar-refractivity contribution in [2.75, 3.05) is 19.6 Å². The molecule has 0 aliphatic carbocycles. The lowest BCUT2D eigenvalue weighted by Crippen LogP contribution is -2.48. The third-order valence-electron chi connectivity index (χ3n) is 5.10. The lowest BCUT2D eigenvalue weighted by molar-refractivity contribution is 0.198. The minimum Gasteiger partial charge on any atom is -0.357 e. The van der Waals surface area contributed by atoms with E-state index in [-0.39, 0.29) is 0 Å². The Labute approximate surface area is 176 Å². The van der Waals surface area contributed by atoms with Crippen LogP contribution in [0.5, 0.6) is 0 Å². The van der Waals surface area contributed by atoms with Gasteiger partial charge in [0, 0.05) is 42.9 Å². The van der Waals surface area contributed by atoms with Crippen molar-refractivity contribution in [2.45, 2.75) is 45.8 Å². The van der Waals surface area contributed by atoms with Gasteiger partial charge >= 0.3 is 0 Å². The Kier molecular flexibility index (Phi) is 7.86. The number of nitrogens with one attached hydrogen (secondary N) is 2. The zero-order chi connectivity index (χ0) is 19.8. The minimum atomic E-state index is 0.462. The Morgan fingerprint density at radius 2 is 1.96 bits per heavy atom.